The van der Waals surface area contributed by atoms with E-state index >= 15 is 0 Å². The van der Waals surface area contributed by atoms with E-state index in [0.717, 1.165) is 25.3 Å². The van der Waals surface area contributed by atoms with Crippen LogP contribution in [-0.4, -0.2) is 32.2 Å². The van der Waals surface area contributed by atoms with E-state index in [1.54, 1.807) is 25.2 Å². The van der Waals surface area contributed by atoms with Crippen molar-refractivity contribution < 1.29 is 9.53 Å². The predicted molar refractivity (Wildman–Crippen MR) is 76.3 cm³/mol. The average Bonchev–Trinajstić information content (AvgIpc) is 2.94. The molecule has 1 amide bonds. The van der Waals surface area contributed by atoms with Crippen LogP contribution in [-0.2, 0) is 4.74 Å². The highest BCUT2D eigenvalue weighted by Gasteiger charge is 2.22. The van der Waals surface area contributed by atoms with Crippen molar-refractivity contribution in [3.8, 4) is 0 Å². The Morgan fingerprint density at radius 2 is 2.32 bits per heavy atom. The van der Waals surface area contributed by atoms with Gasteiger partial charge in [0.25, 0.3) is 5.91 Å². The molecule has 0 spiro atoms. The van der Waals surface area contributed by atoms with Crippen LogP contribution in [0.3, 0.4) is 0 Å². The summed E-state index contributed by atoms with van der Waals surface area (Å²) in [4.78, 5) is 11.6. The number of nitrogens with one attached hydrogen (secondary N) is 2. The Balaban J connectivity index is 2.12. The number of amides is 1. The first kappa shape index (κ1) is 13.7. The Kier molecular flexibility index (Phi) is 4.27. The fourth-order valence-electron chi connectivity index (χ4n) is 2.28. The van der Waals surface area contributed by atoms with Gasteiger partial charge >= 0.3 is 0 Å². The molecule has 2 atom stereocenters. The SMILES string of the molecule is CNC(=O)c1ccc(N)c(NC(C)C2CCOC2)c1. The van der Waals surface area contributed by atoms with E-state index in [2.05, 4.69) is 17.6 Å². The van der Waals surface area contributed by atoms with Gasteiger partial charge in [0.05, 0.1) is 18.0 Å². The standard InChI is InChI=1S/C14H21N3O2/c1-9(11-5-6-19-8-11)17-13-7-10(14(18)16-2)3-4-12(13)15/h3-4,7,9,11,17H,5-6,8,15H2,1-2H3,(H,16,18). The van der Waals surface area contributed by atoms with Gasteiger partial charge in [-0.3, -0.25) is 4.79 Å². The molecule has 0 aliphatic carbocycles. The van der Waals surface area contributed by atoms with E-state index in [-0.39, 0.29) is 11.9 Å². The molecule has 0 radical (unpaired) electrons. The lowest BCUT2D eigenvalue weighted by atomic mass is 10.00. The van der Waals surface area contributed by atoms with Crippen LogP contribution in [0.5, 0.6) is 0 Å². The van der Waals surface area contributed by atoms with Gasteiger partial charge in [0.1, 0.15) is 0 Å². The normalized spacial score (nSPS) is 20.0. The number of carbonyl (C=O) groups is 1. The molecule has 1 heterocycles. The molecule has 4 N–H and O–H groups in total. The summed E-state index contributed by atoms with van der Waals surface area (Å²) in [6, 6.07) is 5.54. The summed E-state index contributed by atoms with van der Waals surface area (Å²) in [7, 11) is 1.62. The number of nitrogens with two attached hydrogens (primary N) is 1. The minimum absolute atomic E-state index is 0.111. The minimum atomic E-state index is -0.111. The van der Waals surface area contributed by atoms with E-state index in [0.29, 0.717) is 17.2 Å². The smallest absolute Gasteiger partial charge is 0.251 e. The van der Waals surface area contributed by atoms with Crippen LogP contribution in [0.15, 0.2) is 18.2 Å². The van der Waals surface area contributed by atoms with Gasteiger partial charge in [-0.25, -0.2) is 0 Å². The summed E-state index contributed by atoms with van der Waals surface area (Å²) >= 11 is 0. The molecule has 1 aromatic carbocycles. The summed E-state index contributed by atoms with van der Waals surface area (Å²) in [5, 5.41) is 6.00. The Morgan fingerprint density at radius 1 is 1.53 bits per heavy atom. The van der Waals surface area contributed by atoms with Crippen LogP contribution in [0.25, 0.3) is 0 Å². The predicted octanol–water partition coefficient (Wildman–Crippen LogP) is 1.47. The van der Waals surface area contributed by atoms with Crippen LogP contribution in [0.4, 0.5) is 11.4 Å². The van der Waals surface area contributed by atoms with E-state index in [9.17, 15) is 4.79 Å². The minimum Gasteiger partial charge on any atom is -0.397 e. The van der Waals surface area contributed by atoms with E-state index < -0.39 is 0 Å². The van der Waals surface area contributed by atoms with Gasteiger partial charge in [-0.2, -0.15) is 0 Å². The maximum Gasteiger partial charge on any atom is 0.251 e. The van der Waals surface area contributed by atoms with Crippen molar-refractivity contribution in [3.05, 3.63) is 23.8 Å². The molecule has 1 saturated heterocycles. The lowest BCUT2D eigenvalue weighted by molar-refractivity contribution is 0.0963. The van der Waals surface area contributed by atoms with Crippen molar-refractivity contribution in [2.24, 2.45) is 5.92 Å². The van der Waals surface area contributed by atoms with Crippen molar-refractivity contribution in [3.63, 3.8) is 0 Å². The number of benzene rings is 1. The second-order valence-corrected chi connectivity index (χ2v) is 4.94. The molecular weight excluding hydrogens is 242 g/mol. The van der Waals surface area contributed by atoms with Gasteiger partial charge in [-0.05, 0) is 31.5 Å². The molecule has 19 heavy (non-hydrogen) atoms. The molecule has 2 unspecified atom stereocenters. The Morgan fingerprint density at radius 3 is 2.95 bits per heavy atom. The second kappa shape index (κ2) is 5.93. The lowest BCUT2D eigenvalue weighted by Crippen LogP contribution is -2.27. The highest BCUT2D eigenvalue weighted by Crippen LogP contribution is 2.25. The molecular formula is C14H21N3O2. The zero-order valence-electron chi connectivity index (χ0n) is 11.4. The largest absolute Gasteiger partial charge is 0.397 e. The number of anilines is 2. The van der Waals surface area contributed by atoms with Crippen molar-refractivity contribution >= 4 is 17.3 Å². The summed E-state index contributed by atoms with van der Waals surface area (Å²) in [5.74, 6) is 0.378. The van der Waals surface area contributed by atoms with Crippen molar-refractivity contribution in [2.45, 2.75) is 19.4 Å². The fourth-order valence-corrected chi connectivity index (χ4v) is 2.28. The van der Waals surface area contributed by atoms with Crippen molar-refractivity contribution in [1.82, 2.24) is 5.32 Å². The summed E-state index contributed by atoms with van der Waals surface area (Å²) < 4.78 is 5.39. The maximum absolute atomic E-state index is 11.6. The van der Waals surface area contributed by atoms with Gasteiger partial charge in [0.2, 0.25) is 0 Å². The molecule has 0 saturated carbocycles. The average molecular weight is 263 g/mol. The molecule has 104 valence electrons. The highest BCUT2D eigenvalue weighted by atomic mass is 16.5. The number of hydrogen-bond acceptors (Lipinski definition) is 4. The fraction of sp³-hybridized carbons (Fsp3) is 0.500. The second-order valence-electron chi connectivity index (χ2n) is 4.94. The number of carbonyl (C=O) groups excluding carboxylic acids is 1. The monoisotopic (exact) mass is 263 g/mol. The lowest BCUT2D eigenvalue weighted by Gasteiger charge is -2.22. The van der Waals surface area contributed by atoms with Crippen molar-refractivity contribution in [2.75, 3.05) is 31.3 Å². The highest BCUT2D eigenvalue weighted by molar-refractivity contribution is 5.96. The van der Waals surface area contributed by atoms with Gasteiger partial charge < -0.3 is 21.1 Å². The number of nitrogen functional groups attached to an aromatic ring is 1. The third-order valence-corrected chi connectivity index (χ3v) is 3.60. The zero-order valence-corrected chi connectivity index (χ0v) is 11.4. The summed E-state index contributed by atoms with van der Waals surface area (Å²) in [5.41, 5.74) is 8.02. The zero-order chi connectivity index (χ0) is 13.8. The molecule has 0 aromatic heterocycles. The van der Waals surface area contributed by atoms with Crippen LogP contribution >= 0.6 is 0 Å². The van der Waals surface area contributed by atoms with E-state index in [4.69, 9.17) is 10.5 Å². The van der Waals surface area contributed by atoms with Crippen molar-refractivity contribution in [1.29, 1.82) is 0 Å². The van der Waals surface area contributed by atoms with Gasteiger partial charge in [-0.1, -0.05) is 0 Å². The van der Waals surface area contributed by atoms with Crippen LogP contribution in [0, 0.1) is 5.92 Å². The molecule has 0 bridgehead atoms. The molecule has 5 heteroatoms. The molecule has 5 nitrogen and oxygen atoms in total. The maximum atomic E-state index is 11.6. The number of hydrogen-bond donors (Lipinski definition) is 3. The topological polar surface area (TPSA) is 76.4 Å². The first-order valence-corrected chi connectivity index (χ1v) is 6.57. The third-order valence-electron chi connectivity index (χ3n) is 3.60. The Labute approximate surface area is 113 Å². The van der Waals surface area contributed by atoms with E-state index in [1.807, 2.05) is 0 Å². The molecule has 1 aliphatic rings. The summed E-state index contributed by atoms with van der Waals surface area (Å²) in [6.07, 6.45) is 1.06. The van der Waals surface area contributed by atoms with Crippen LogP contribution < -0.4 is 16.4 Å². The van der Waals surface area contributed by atoms with E-state index in [1.165, 1.54) is 0 Å². The Hall–Kier alpha value is -1.75. The molecule has 2 rings (SSSR count). The van der Waals surface area contributed by atoms with Gasteiger partial charge in [0.15, 0.2) is 0 Å². The van der Waals surface area contributed by atoms with Crippen LogP contribution in [0.1, 0.15) is 23.7 Å². The first-order valence-electron chi connectivity index (χ1n) is 6.57. The summed E-state index contributed by atoms with van der Waals surface area (Å²) in [6.45, 7) is 3.72. The number of ether oxygens (including phenoxy) is 1. The Bertz CT molecular complexity index is 456. The molecule has 1 aromatic rings. The van der Waals surface area contributed by atoms with Crippen LogP contribution in [0.2, 0.25) is 0 Å². The van der Waals surface area contributed by atoms with Gasteiger partial charge in [0, 0.05) is 31.2 Å². The number of rotatable bonds is 4. The first-order chi connectivity index (χ1) is 9.11. The quantitative estimate of drug-likeness (QED) is 0.719. The molecule has 1 fully saturated rings. The molecule has 1 aliphatic heterocycles. The van der Waals surface area contributed by atoms with Gasteiger partial charge in [-0.15, -0.1) is 0 Å². The third kappa shape index (κ3) is 3.17.